The van der Waals surface area contributed by atoms with Crippen LogP contribution in [0.15, 0.2) is 24.3 Å². The second kappa shape index (κ2) is 3.90. The molecule has 1 N–H and O–H groups in total. The van der Waals surface area contributed by atoms with Gasteiger partial charge in [0.05, 0.1) is 11.8 Å². The van der Waals surface area contributed by atoms with Gasteiger partial charge >= 0.3 is 0 Å². The summed E-state index contributed by atoms with van der Waals surface area (Å²) in [5.74, 6) is -0.821. The number of aryl methyl sites for hydroxylation is 1. The lowest BCUT2D eigenvalue weighted by Gasteiger charge is -2.24. The first-order valence-corrected chi connectivity index (χ1v) is 6.85. The molecule has 0 bridgehead atoms. The van der Waals surface area contributed by atoms with Gasteiger partial charge in [0.15, 0.2) is 9.84 Å². The van der Waals surface area contributed by atoms with Crippen molar-refractivity contribution in [2.75, 3.05) is 11.5 Å². The van der Waals surface area contributed by atoms with Crippen LogP contribution < -0.4 is 5.32 Å². The molecule has 1 aromatic carbocycles. The van der Waals surface area contributed by atoms with Crippen LogP contribution in [0, 0.1) is 6.92 Å². The highest BCUT2D eigenvalue weighted by Crippen LogP contribution is 2.21. The van der Waals surface area contributed by atoms with Crippen LogP contribution in [0.3, 0.4) is 0 Å². The van der Waals surface area contributed by atoms with Crippen LogP contribution in [0.1, 0.15) is 17.2 Å². The third kappa shape index (κ3) is 2.24. The summed E-state index contributed by atoms with van der Waals surface area (Å²) in [4.78, 5) is 11.3. The molecule has 4 nitrogen and oxygen atoms in total. The van der Waals surface area contributed by atoms with Gasteiger partial charge in [-0.25, -0.2) is 8.42 Å². The molecular formula is C11H13NO3S. The maximum Gasteiger partial charge on any atom is 0.235 e. The normalized spacial score (nSPS) is 23.8. The van der Waals surface area contributed by atoms with Crippen molar-refractivity contribution in [2.45, 2.75) is 13.0 Å². The van der Waals surface area contributed by atoms with Gasteiger partial charge in [0.1, 0.15) is 5.75 Å². The van der Waals surface area contributed by atoms with Gasteiger partial charge in [0.25, 0.3) is 0 Å². The maximum atomic E-state index is 11.5. The number of amides is 1. The molecule has 1 heterocycles. The molecule has 1 aliphatic rings. The van der Waals surface area contributed by atoms with Gasteiger partial charge in [0.2, 0.25) is 5.91 Å². The Hall–Kier alpha value is -1.36. The summed E-state index contributed by atoms with van der Waals surface area (Å²) >= 11 is 0. The zero-order chi connectivity index (χ0) is 11.8. The van der Waals surface area contributed by atoms with Crippen molar-refractivity contribution in [1.82, 2.24) is 5.32 Å². The van der Waals surface area contributed by atoms with Gasteiger partial charge in [-0.05, 0) is 18.1 Å². The smallest absolute Gasteiger partial charge is 0.235 e. The molecule has 1 saturated heterocycles. The highest BCUT2D eigenvalue weighted by atomic mass is 32.2. The van der Waals surface area contributed by atoms with E-state index in [0.717, 1.165) is 11.1 Å². The van der Waals surface area contributed by atoms with E-state index in [0.29, 0.717) is 0 Å². The van der Waals surface area contributed by atoms with Crippen LogP contribution in [0.25, 0.3) is 0 Å². The van der Waals surface area contributed by atoms with Gasteiger partial charge in [-0.3, -0.25) is 4.79 Å². The van der Waals surface area contributed by atoms with Gasteiger partial charge in [-0.2, -0.15) is 0 Å². The van der Waals surface area contributed by atoms with E-state index in [9.17, 15) is 13.2 Å². The molecule has 0 aromatic heterocycles. The topological polar surface area (TPSA) is 63.2 Å². The summed E-state index contributed by atoms with van der Waals surface area (Å²) in [6.45, 7) is 1.91. The zero-order valence-electron chi connectivity index (χ0n) is 8.93. The van der Waals surface area contributed by atoms with E-state index in [-0.39, 0.29) is 5.75 Å². The summed E-state index contributed by atoms with van der Waals surface area (Å²) in [6, 6.07) is 7.07. The van der Waals surface area contributed by atoms with Crippen molar-refractivity contribution in [3.8, 4) is 0 Å². The van der Waals surface area contributed by atoms with Crippen LogP contribution in [0.4, 0.5) is 0 Å². The average Bonchev–Trinajstić information content (AvgIpc) is 2.15. The Balaban J connectivity index is 2.35. The van der Waals surface area contributed by atoms with E-state index < -0.39 is 27.5 Å². The third-order valence-corrected chi connectivity index (χ3v) is 4.21. The quantitative estimate of drug-likeness (QED) is 0.779. The number of nitrogens with one attached hydrogen (secondary N) is 1. The van der Waals surface area contributed by atoms with E-state index in [1.54, 1.807) is 0 Å². The Kier molecular flexibility index (Phi) is 2.71. The zero-order valence-corrected chi connectivity index (χ0v) is 9.75. The van der Waals surface area contributed by atoms with E-state index in [1.807, 2.05) is 31.2 Å². The number of sulfone groups is 1. The summed E-state index contributed by atoms with van der Waals surface area (Å²) in [6.07, 6.45) is 0. The first-order chi connectivity index (χ1) is 7.48. The van der Waals surface area contributed by atoms with Crippen LogP contribution in [-0.4, -0.2) is 25.8 Å². The molecule has 1 atom stereocenters. The summed E-state index contributed by atoms with van der Waals surface area (Å²) < 4.78 is 23.0. The molecular weight excluding hydrogens is 226 g/mol. The lowest BCUT2D eigenvalue weighted by atomic mass is 10.0. The monoisotopic (exact) mass is 239 g/mol. The molecule has 1 amide bonds. The average molecular weight is 239 g/mol. The first kappa shape index (κ1) is 11.1. The molecule has 1 fully saturated rings. The minimum atomic E-state index is -3.26. The third-order valence-electron chi connectivity index (χ3n) is 2.67. The van der Waals surface area contributed by atoms with E-state index in [4.69, 9.17) is 0 Å². The SMILES string of the molecule is Cc1ccccc1C1CS(=O)(=O)CC(=O)N1. The summed E-state index contributed by atoms with van der Waals surface area (Å²) in [7, 11) is -3.26. The van der Waals surface area contributed by atoms with Crippen LogP contribution in [0.2, 0.25) is 0 Å². The fourth-order valence-electron chi connectivity index (χ4n) is 1.94. The van der Waals surface area contributed by atoms with E-state index in [2.05, 4.69) is 5.32 Å². The number of benzene rings is 1. The van der Waals surface area contributed by atoms with Crippen molar-refractivity contribution in [3.63, 3.8) is 0 Å². The van der Waals surface area contributed by atoms with Gasteiger partial charge in [0, 0.05) is 0 Å². The molecule has 0 radical (unpaired) electrons. The lowest BCUT2D eigenvalue weighted by Crippen LogP contribution is -2.43. The standard InChI is InChI=1S/C11H13NO3S/c1-8-4-2-3-5-9(8)10-6-16(14,15)7-11(13)12-10/h2-5,10H,6-7H2,1H3,(H,12,13). The number of hydrogen-bond donors (Lipinski definition) is 1. The fraction of sp³-hybridized carbons (Fsp3) is 0.364. The Morgan fingerprint density at radius 3 is 2.62 bits per heavy atom. The van der Waals surface area contributed by atoms with Crippen molar-refractivity contribution in [1.29, 1.82) is 0 Å². The maximum absolute atomic E-state index is 11.5. The molecule has 1 aliphatic heterocycles. The molecule has 1 unspecified atom stereocenters. The summed E-state index contributed by atoms with van der Waals surface area (Å²) in [5.41, 5.74) is 1.86. The lowest BCUT2D eigenvalue weighted by molar-refractivity contribution is -0.119. The molecule has 0 aliphatic carbocycles. The Morgan fingerprint density at radius 2 is 2.00 bits per heavy atom. The van der Waals surface area contributed by atoms with Gasteiger partial charge < -0.3 is 5.32 Å². The minimum Gasteiger partial charge on any atom is -0.347 e. The first-order valence-electron chi connectivity index (χ1n) is 5.03. The molecule has 0 saturated carbocycles. The highest BCUT2D eigenvalue weighted by molar-refractivity contribution is 7.92. The molecule has 16 heavy (non-hydrogen) atoms. The second-order valence-corrected chi connectivity index (χ2v) is 6.14. The number of carbonyl (C=O) groups is 1. The Bertz CT molecular complexity index is 522. The van der Waals surface area contributed by atoms with Crippen LogP contribution in [0.5, 0.6) is 0 Å². The van der Waals surface area contributed by atoms with E-state index >= 15 is 0 Å². The Morgan fingerprint density at radius 1 is 1.31 bits per heavy atom. The largest absolute Gasteiger partial charge is 0.347 e. The molecule has 5 heteroatoms. The van der Waals surface area contributed by atoms with Crippen molar-refractivity contribution in [3.05, 3.63) is 35.4 Å². The van der Waals surface area contributed by atoms with E-state index in [1.165, 1.54) is 0 Å². The van der Waals surface area contributed by atoms with Gasteiger partial charge in [-0.15, -0.1) is 0 Å². The number of hydrogen-bond acceptors (Lipinski definition) is 3. The predicted octanol–water partition coefficient (Wildman–Crippen LogP) is 0.581. The van der Waals surface area contributed by atoms with Crippen molar-refractivity contribution < 1.29 is 13.2 Å². The number of carbonyl (C=O) groups excluding carboxylic acids is 1. The summed E-state index contributed by atoms with van der Waals surface area (Å²) in [5, 5.41) is 2.71. The number of rotatable bonds is 1. The van der Waals surface area contributed by atoms with Crippen molar-refractivity contribution in [2.24, 2.45) is 0 Å². The van der Waals surface area contributed by atoms with Crippen molar-refractivity contribution >= 4 is 15.7 Å². The molecule has 2 rings (SSSR count). The highest BCUT2D eigenvalue weighted by Gasteiger charge is 2.30. The van der Waals surface area contributed by atoms with Gasteiger partial charge in [-0.1, -0.05) is 24.3 Å². The Labute approximate surface area is 94.6 Å². The molecule has 0 spiro atoms. The molecule has 1 aromatic rings. The van der Waals surface area contributed by atoms with Crippen LogP contribution >= 0.6 is 0 Å². The minimum absolute atomic E-state index is 0.0103. The fourth-order valence-corrected chi connectivity index (χ4v) is 3.31. The second-order valence-electron chi connectivity index (χ2n) is 4.03. The predicted molar refractivity (Wildman–Crippen MR) is 60.7 cm³/mol. The molecule has 86 valence electrons. The van der Waals surface area contributed by atoms with Crippen LogP contribution in [-0.2, 0) is 14.6 Å².